The molecule has 0 radical (unpaired) electrons. The Labute approximate surface area is 133 Å². The number of nitro groups is 1. The molecule has 2 aromatic rings. The molecule has 0 atom stereocenters. The van der Waals surface area contributed by atoms with Gasteiger partial charge in [-0.25, -0.2) is 0 Å². The molecule has 0 aliphatic rings. The highest BCUT2D eigenvalue weighted by atomic mass is 19.4. The number of halogens is 3. The van der Waals surface area contributed by atoms with Gasteiger partial charge in [0.05, 0.1) is 22.9 Å². The van der Waals surface area contributed by atoms with Gasteiger partial charge in [0.2, 0.25) is 5.75 Å². The fraction of sp³-hybridized carbons (Fsp3) is 0.0714. The maximum Gasteiger partial charge on any atom is 0.573 e. The van der Waals surface area contributed by atoms with Gasteiger partial charge in [-0.2, -0.15) is 5.10 Å². The molecule has 0 unspecified atom stereocenters. The van der Waals surface area contributed by atoms with Crippen molar-refractivity contribution in [2.45, 2.75) is 6.36 Å². The highest BCUT2D eigenvalue weighted by molar-refractivity contribution is 5.87. The Kier molecular flexibility index (Phi) is 4.87. The average molecular weight is 341 g/mol. The van der Waals surface area contributed by atoms with Crippen molar-refractivity contribution in [3.05, 3.63) is 58.1 Å². The van der Waals surface area contributed by atoms with Gasteiger partial charge in [-0.05, 0) is 18.2 Å². The van der Waals surface area contributed by atoms with E-state index in [4.69, 9.17) is 0 Å². The minimum atomic E-state index is -5.03. The van der Waals surface area contributed by atoms with Crippen LogP contribution in [-0.2, 0) is 0 Å². The van der Waals surface area contributed by atoms with E-state index in [1.807, 2.05) is 0 Å². The van der Waals surface area contributed by atoms with Crippen LogP contribution in [0.3, 0.4) is 0 Å². The van der Waals surface area contributed by atoms with Crippen molar-refractivity contribution in [2.24, 2.45) is 5.10 Å². The molecular formula is C14H10F3N3O4. The van der Waals surface area contributed by atoms with Crippen molar-refractivity contribution in [3.8, 4) is 11.5 Å². The number of hydrogen-bond acceptors (Lipinski definition) is 6. The van der Waals surface area contributed by atoms with Crippen molar-refractivity contribution in [3.63, 3.8) is 0 Å². The Morgan fingerprint density at radius 2 is 1.92 bits per heavy atom. The van der Waals surface area contributed by atoms with E-state index >= 15 is 0 Å². The standard InChI is InChI=1S/C14H10F3N3O4/c15-14(16,17)24-11-6-9(13(21)12(7-11)20(22)23)8-18-19-10-4-2-1-3-5-10/h1-8,19,21H. The van der Waals surface area contributed by atoms with E-state index in [9.17, 15) is 28.4 Å². The van der Waals surface area contributed by atoms with Crippen LogP contribution in [0.25, 0.3) is 0 Å². The van der Waals surface area contributed by atoms with Gasteiger partial charge in [-0.3, -0.25) is 15.5 Å². The lowest BCUT2D eigenvalue weighted by Crippen LogP contribution is -2.17. The van der Waals surface area contributed by atoms with E-state index < -0.39 is 28.5 Å². The summed E-state index contributed by atoms with van der Waals surface area (Å²) in [5.74, 6) is -1.67. The third kappa shape index (κ3) is 4.60. The largest absolute Gasteiger partial charge is 0.573 e. The van der Waals surface area contributed by atoms with Gasteiger partial charge >= 0.3 is 12.0 Å². The number of benzene rings is 2. The summed E-state index contributed by atoms with van der Waals surface area (Å²) < 4.78 is 40.5. The van der Waals surface area contributed by atoms with Gasteiger partial charge in [0.25, 0.3) is 0 Å². The first kappa shape index (κ1) is 17.1. The summed E-state index contributed by atoms with van der Waals surface area (Å²) in [5.41, 5.74) is 1.89. The number of hydrogen-bond donors (Lipinski definition) is 2. The lowest BCUT2D eigenvalue weighted by atomic mass is 10.1. The topological polar surface area (TPSA) is 97.0 Å². The highest BCUT2D eigenvalue weighted by Gasteiger charge is 2.32. The van der Waals surface area contributed by atoms with Crippen molar-refractivity contribution in [1.82, 2.24) is 0 Å². The molecule has 2 aromatic carbocycles. The van der Waals surface area contributed by atoms with Gasteiger partial charge in [0.1, 0.15) is 5.75 Å². The quantitative estimate of drug-likeness (QED) is 0.491. The second-order valence-corrected chi connectivity index (χ2v) is 4.42. The highest BCUT2D eigenvalue weighted by Crippen LogP contribution is 2.35. The van der Waals surface area contributed by atoms with Crippen molar-refractivity contribution >= 4 is 17.6 Å². The van der Waals surface area contributed by atoms with Gasteiger partial charge in [0, 0.05) is 5.56 Å². The Morgan fingerprint density at radius 1 is 1.25 bits per heavy atom. The number of anilines is 1. The van der Waals surface area contributed by atoms with E-state index in [2.05, 4.69) is 15.3 Å². The first-order chi connectivity index (χ1) is 11.3. The minimum Gasteiger partial charge on any atom is -0.502 e. The number of rotatable bonds is 5. The van der Waals surface area contributed by atoms with Gasteiger partial charge in [-0.1, -0.05) is 18.2 Å². The van der Waals surface area contributed by atoms with E-state index in [1.165, 1.54) is 0 Å². The monoisotopic (exact) mass is 341 g/mol. The first-order valence-electron chi connectivity index (χ1n) is 6.37. The normalized spacial score (nSPS) is 11.5. The number of hydrazone groups is 1. The summed E-state index contributed by atoms with van der Waals surface area (Å²) in [6, 6.07) is 9.81. The molecule has 24 heavy (non-hydrogen) atoms. The molecule has 0 amide bonds. The van der Waals surface area contributed by atoms with Crippen molar-refractivity contribution in [1.29, 1.82) is 0 Å². The fourth-order valence-corrected chi connectivity index (χ4v) is 1.73. The molecule has 126 valence electrons. The van der Waals surface area contributed by atoms with E-state index in [0.29, 0.717) is 11.8 Å². The smallest absolute Gasteiger partial charge is 0.502 e. The molecule has 2 N–H and O–H groups in total. The summed E-state index contributed by atoms with van der Waals surface area (Å²) in [6.45, 7) is 0. The molecule has 0 aliphatic heterocycles. The average Bonchev–Trinajstić information content (AvgIpc) is 2.49. The number of aromatic hydroxyl groups is 1. The summed E-state index contributed by atoms with van der Waals surface area (Å²) in [4.78, 5) is 9.81. The SMILES string of the molecule is O=[N+]([O-])c1cc(OC(F)(F)F)cc(C=NNc2ccccc2)c1O. The Bertz CT molecular complexity index is 764. The summed E-state index contributed by atoms with van der Waals surface area (Å²) in [5, 5.41) is 24.3. The van der Waals surface area contributed by atoms with Crippen molar-refractivity contribution < 1.29 is 27.9 Å². The number of para-hydroxylation sites is 1. The molecule has 0 aromatic heterocycles. The van der Waals surface area contributed by atoms with Crippen LogP contribution >= 0.6 is 0 Å². The van der Waals surface area contributed by atoms with Crippen LogP contribution < -0.4 is 10.2 Å². The first-order valence-corrected chi connectivity index (χ1v) is 6.37. The fourth-order valence-electron chi connectivity index (χ4n) is 1.73. The molecule has 2 rings (SSSR count). The molecule has 0 spiro atoms. The number of nitrogens with one attached hydrogen (secondary N) is 1. The summed E-state index contributed by atoms with van der Waals surface area (Å²) in [7, 11) is 0. The number of alkyl halides is 3. The number of nitro benzene ring substituents is 1. The van der Waals surface area contributed by atoms with Crippen LogP contribution in [0.2, 0.25) is 0 Å². The van der Waals surface area contributed by atoms with E-state index in [0.717, 1.165) is 12.3 Å². The van der Waals surface area contributed by atoms with Crippen LogP contribution in [0, 0.1) is 10.1 Å². The third-order valence-electron chi connectivity index (χ3n) is 2.69. The molecule has 0 aliphatic carbocycles. The maximum absolute atomic E-state index is 12.3. The van der Waals surface area contributed by atoms with Gasteiger partial charge < -0.3 is 9.84 Å². The molecule has 0 heterocycles. The van der Waals surface area contributed by atoms with Crippen LogP contribution in [0.5, 0.6) is 11.5 Å². The number of phenols is 1. The third-order valence-corrected chi connectivity index (χ3v) is 2.69. The zero-order valence-corrected chi connectivity index (χ0v) is 11.8. The Hall–Kier alpha value is -3.30. The number of phenolic OH excluding ortho intramolecular Hbond substituents is 1. The predicted octanol–water partition coefficient (Wildman–Crippen LogP) is 3.65. The van der Waals surface area contributed by atoms with Crippen LogP contribution in [0.4, 0.5) is 24.5 Å². The Balaban J connectivity index is 2.31. The van der Waals surface area contributed by atoms with Crippen LogP contribution in [-0.4, -0.2) is 22.6 Å². The molecule has 0 fully saturated rings. The van der Waals surface area contributed by atoms with E-state index in [-0.39, 0.29) is 5.56 Å². The van der Waals surface area contributed by atoms with Gasteiger partial charge in [-0.15, -0.1) is 13.2 Å². The second-order valence-electron chi connectivity index (χ2n) is 4.42. The molecule has 0 saturated heterocycles. The molecule has 0 bridgehead atoms. The number of nitrogens with zero attached hydrogens (tertiary/aromatic N) is 2. The number of ether oxygens (including phenoxy) is 1. The summed E-state index contributed by atoms with van der Waals surface area (Å²) in [6.07, 6.45) is -4.08. The van der Waals surface area contributed by atoms with Crippen LogP contribution in [0.15, 0.2) is 47.6 Å². The minimum absolute atomic E-state index is 0.313. The maximum atomic E-state index is 12.3. The Morgan fingerprint density at radius 3 is 2.50 bits per heavy atom. The van der Waals surface area contributed by atoms with Gasteiger partial charge in [0.15, 0.2) is 0 Å². The molecule has 10 heteroatoms. The zero-order chi connectivity index (χ0) is 17.7. The molecule has 0 saturated carbocycles. The predicted molar refractivity (Wildman–Crippen MR) is 79.1 cm³/mol. The zero-order valence-electron chi connectivity index (χ0n) is 11.8. The lowest BCUT2D eigenvalue weighted by Gasteiger charge is -2.10. The summed E-state index contributed by atoms with van der Waals surface area (Å²) >= 11 is 0. The lowest BCUT2D eigenvalue weighted by molar-refractivity contribution is -0.386. The molecule has 7 nitrogen and oxygen atoms in total. The second kappa shape index (κ2) is 6.86. The van der Waals surface area contributed by atoms with Crippen LogP contribution in [0.1, 0.15) is 5.56 Å². The van der Waals surface area contributed by atoms with E-state index in [1.54, 1.807) is 30.3 Å². The molecular weight excluding hydrogens is 331 g/mol. The van der Waals surface area contributed by atoms with Crippen molar-refractivity contribution in [2.75, 3.05) is 5.43 Å².